The Labute approximate surface area is 189 Å². The summed E-state index contributed by atoms with van der Waals surface area (Å²) in [5.74, 6) is -0.678. The molecule has 0 aliphatic carbocycles. The van der Waals surface area contributed by atoms with Crippen molar-refractivity contribution in [2.24, 2.45) is 0 Å². The van der Waals surface area contributed by atoms with Crippen LogP contribution in [0.4, 0.5) is 5.69 Å². The number of anilines is 1. The lowest BCUT2D eigenvalue weighted by Crippen LogP contribution is -2.31. The lowest BCUT2D eigenvalue weighted by atomic mass is 10.1. The average Bonchev–Trinajstić information content (AvgIpc) is 2.95. The molecule has 3 aromatic rings. The second-order valence-corrected chi connectivity index (χ2v) is 8.96. The normalized spacial score (nSPS) is 14.1. The molecule has 1 aliphatic heterocycles. The van der Waals surface area contributed by atoms with Crippen LogP contribution < -0.4 is 4.90 Å². The first kappa shape index (κ1) is 20.7. The van der Waals surface area contributed by atoms with E-state index in [9.17, 15) is 9.59 Å². The van der Waals surface area contributed by atoms with Gasteiger partial charge in [-0.3, -0.25) is 9.59 Å². The number of imide groups is 1. The third-order valence-electron chi connectivity index (χ3n) is 4.80. The predicted molar refractivity (Wildman–Crippen MR) is 124 cm³/mol. The molecule has 0 saturated heterocycles. The maximum atomic E-state index is 13.5. The van der Waals surface area contributed by atoms with Gasteiger partial charge in [0.2, 0.25) is 0 Å². The van der Waals surface area contributed by atoms with E-state index in [1.165, 1.54) is 16.7 Å². The average molecular weight is 454 g/mol. The van der Waals surface area contributed by atoms with Gasteiger partial charge in [-0.25, -0.2) is 4.90 Å². The number of hydrogen-bond donors (Lipinski definition) is 0. The van der Waals surface area contributed by atoms with Gasteiger partial charge in [0, 0.05) is 14.9 Å². The van der Waals surface area contributed by atoms with Gasteiger partial charge in [-0.05, 0) is 67.4 Å². The Bertz CT molecular complexity index is 1180. The lowest BCUT2D eigenvalue weighted by molar-refractivity contribution is -0.119. The minimum atomic E-state index is -0.342. The van der Waals surface area contributed by atoms with E-state index in [0.29, 0.717) is 31.8 Å². The van der Waals surface area contributed by atoms with Crippen molar-refractivity contribution in [2.75, 3.05) is 4.90 Å². The first-order valence-electron chi connectivity index (χ1n) is 9.25. The summed E-state index contributed by atoms with van der Waals surface area (Å²) in [4.78, 5) is 29.4. The van der Waals surface area contributed by atoms with Crippen molar-refractivity contribution in [1.82, 2.24) is 0 Å². The maximum absolute atomic E-state index is 13.5. The summed E-state index contributed by atoms with van der Waals surface area (Å²) in [6.45, 7) is 3.87. The minimum absolute atomic E-state index is 0.336. The smallest absolute Gasteiger partial charge is 0.268 e. The highest BCUT2D eigenvalue weighted by molar-refractivity contribution is 8.04. The molecule has 0 atom stereocenters. The molecule has 4 rings (SSSR count). The quantitative estimate of drug-likeness (QED) is 0.413. The van der Waals surface area contributed by atoms with Gasteiger partial charge in [0.25, 0.3) is 11.8 Å². The third-order valence-corrected chi connectivity index (χ3v) is 6.40. The van der Waals surface area contributed by atoms with Gasteiger partial charge < -0.3 is 0 Å². The van der Waals surface area contributed by atoms with Crippen molar-refractivity contribution in [3.63, 3.8) is 0 Å². The fourth-order valence-corrected chi connectivity index (χ4v) is 4.62. The van der Waals surface area contributed by atoms with Crippen LogP contribution in [0, 0.1) is 13.8 Å². The van der Waals surface area contributed by atoms with Gasteiger partial charge >= 0.3 is 0 Å². The van der Waals surface area contributed by atoms with Crippen molar-refractivity contribution in [1.29, 1.82) is 0 Å². The summed E-state index contributed by atoms with van der Waals surface area (Å²) in [5, 5.41) is 1.17. The number of carbonyl (C=O) groups excluding carboxylic acids is 2. The summed E-state index contributed by atoms with van der Waals surface area (Å²) in [6, 6.07) is 19.8. The molecule has 0 N–H and O–H groups in total. The van der Waals surface area contributed by atoms with Gasteiger partial charge in [0.05, 0.1) is 16.2 Å². The number of benzene rings is 3. The van der Waals surface area contributed by atoms with Crippen LogP contribution in [0.2, 0.25) is 10.0 Å². The molecule has 0 unspecified atom stereocenters. The van der Waals surface area contributed by atoms with E-state index in [4.69, 9.17) is 23.2 Å². The number of aryl methyl sites for hydroxylation is 2. The van der Waals surface area contributed by atoms with Crippen LogP contribution in [0.25, 0.3) is 5.57 Å². The van der Waals surface area contributed by atoms with Crippen molar-refractivity contribution >= 4 is 58.0 Å². The highest BCUT2D eigenvalue weighted by Crippen LogP contribution is 2.42. The zero-order chi connectivity index (χ0) is 21.4. The van der Waals surface area contributed by atoms with Gasteiger partial charge in [-0.2, -0.15) is 0 Å². The van der Waals surface area contributed by atoms with Crippen LogP contribution in [-0.4, -0.2) is 11.8 Å². The molecule has 30 heavy (non-hydrogen) atoms. The van der Waals surface area contributed by atoms with E-state index < -0.39 is 0 Å². The molecular weight excluding hydrogens is 437 g/mol. The Morgan fingerprint density at radius 2 is 1.37 bits per heavy atom. The number of halogens is 2. The highest BCUT2D eigenvalue weighted by atomic mass is 35.5. The molecule has 2 amide bonds. The highest BCUT2D eigenvalue weighted by Gasteiger charge is 2.41. The number of thioether (sulfide) groups is 1. The van der Waals surface area contributed by atoms with Gasteiger partial charge in [-0.1, -0.05) is 64.8 Å². The van der Waals surface area contributed by atoms with E-state index in [1.807, 2.05) is 44.2 Å². The minimum Gasteiger partial charge on any atom is -0.268 e. The van der Waals surface area contributed by atoms with E-state index in [-0.39, 0.29) is 11.8 Å². The second kappa shape index (κ2) is 8.31. The number of hydrogen-bond acceptors (Lipinski definition) is 3. The Hall–Kier alpha value is -2.53. The monoisotopic (exact) mass is 453 g/mol. The second-order valence-electron chi connectivity index (χ2n) is 7.00. The molecule has 0 spiro atoms. The molecule has 3 nitrogen and oxygen atoms in total. The maximum Gasteiger partial charge on any atom is 0.272 e. The molecule has 0 fully saturated rings. The zero-order valence-electron chi connectivity index (χ0n) is 16.3. The van der Waals surface area contributed by atoms with Gasteiger partial charge in [0.1, 0.15) is 0 Å². The Morgan fingerprint density at radius 3 is 1.97 bits per heavy atom. The molecule has 150 valence electrons. The van der Waals surface area contributed by atoms with E-state index in [2.05, 4.69) is 0 Å². The standard InChI is InChI=1S/C24H17Cl2NO2S/c1-14-3-12-20(15(2)13-14)27-23(28)21(16-4-6-17(25)7-5-16)22(24(27)29)30-19-10-8-18(26)9-11-19/h3-13H,1-2H3. The zero-order valence-corrected chi connectivity index (χ0v) is 18.6. The van der Waals surface area contributed by atoms with Crippen LogP contribution in [0.5, 0.6) is 0 Å². The molecule has 0 aromatic heterocycles. The summed E-state index contributed by atoms with van der Waals surface area (Å²) in [7, 11) is 0. The van der Waals surface area contributed by atoms with Crippen molar-refractivity contribution in [2.45, 2.75) is 18.7 Å². The number of amides is 2. The van der Waals surface area contributed by atoms with E-state index in [1.54, 1.807) is 36.4 Å². The molecule has 1 aliphatic rings. The SMILES string of the molecule is Cc1ccc(N2C(=O)C(Sc3ccc(Cl)cc3)=C(c3ccc(Cl)cc3)C2=O)c(C)c1. The number of rotatable bonds is 4. The number of carbonyl (C=O) groups is 2. The van der Waals surface area contributed by atoms with Crippen LogP contribution in [0.15, 0.2) is 76.5 Å². The molecule has 0 bridgehead atoms. The van der Waals surface area contributed by atoms with Gasteiger partial charge in [0.15, 0.2) is 0 Å². The first-order chi connectivity index (χ1) is 14.3. The van der Waals surface area contributed by atoms with Gasteiger partial charge in [-0.15, -0.1) is 0 Å². The largest absolute Gasteiger partial charge is 0.272 e. The van der Waals surface area contributed by atoms with Crippen molar-refractivity contribution in [3.05, 3.63) is 98.4 Å². The van der Waals surface area contributed by atoms with Crippen molar-refractivity contribution < 1.29 is 9.59 Å². The fourth-order valence-electron chi connectivity index (χ4n) is 3.37. The Morgan fingerprint density at radius 1 is 0.767 bits per heavy atom. The molecule has 6 heteroatoms. The van der Waals surface area contributed by atoms with Crippen LogP contribution >= 0.6 is 35.0 Å². The Balaban J connectivity index is 1.83. The molecule has 0 radical (unpaired) electrons. The number of nitrogens with zero attached hydrogens (tertiary/aromatic N) is 1. The molecule has 3 aromatic carbocycles. The van der Waals surface area contributed by atoms with E-state index in [0.717, 1.165) is 16.0 Å². The fraction of sp³-hybridized carbons (Fsp3) is 0.0833. The first-order valence-corrected chi connectivity index (χ1v) is 10.8. The summed E-state index contributed by atoms with van der Waals surface area (Å²) >= 11 is 13.3. The molecule has 0 saturated carbocycles. The summed E-state index contributed by atoms with van der Waals surface area (Å²) < 4.78 is 0. The summed E-state index contributed by atoms with van der Waals surface area (Å²) in [6.07, 6.45) is 0. The van der Waals surface area contributed by atoms with Crippen LogP contribution in [0.1, 0.15) is 16.7 Å². The third kappa shape index (κ3) is 3.91. The van der Waals surface area contributed by atoms with Crippen molar-refractivity contribution in [3.8, 4) is 0 Å². The predicted octanol–water partition coefficient (Wildman–Crippen LogP) is 6.69. The van der Waals surface area contributed by atoms with Crippen LogP contribution in [-0.2, 0) is 9.59 Å². The lowest BCUT2D eigenvalue weighted by Gasteiger charge is -2.18. The molecule has 1 heterocycles. The van der Waals surface area contributed by atoms with Crippen LogP contribution in [0.3, 0.4) is 0 Å². The molecular formula is C24H17Cl2NO2S. The topological polar surface area (TPSA) is 37.4 Å². The summed E-state index contributed by atoms with van der Waals surface area (Å²) in [5.41, 5.74) is 3.55. The Kier molecular flexibility index (Phi) is 5.74. The van der Waals surface area contributed by atoms with E-state index >= 15 is 0 Å².